The maximum Gasteiger partial charge on any atom is 0.247 e. The van der Waals surface area contributed by atoms with Gasteiger partial charge in [-0.05, 0) is 39.5 Å². The SMILES string of the molecule is C#CCOCCOCCOCCNc1nc(N2CCN(C(=O)[C@H](C)n3cc(CCCN=C(N)N)nn3)CC2)nc(N2CCN(C(=O)[C@H](C)n3cc(CCCN=C(N)N)nn3)CC2)n1.Cl. The van der Waals surface area contributed by atoms with Gasteiger partial charge in [0.1, 0.15) is 18.7 Å². The number of nitrogens with one attached hydrogen (secondary N) is 1. The van der Waals surface area contributed by atoms with E-state index in [0.29, 0.717) is 149 Å². The number of nitrogens with zero attached hydrogens (tertiary/aromatic N) is 15. The Morgan fingerprint density at radius 3 is 1.58 bits per heavy atom. The van der Waals surface area contributed by atoms with Gasteiger partial charge in [-0.1, -0.05) is 16.3 Å². The van der Waals surface area contributed by atoms with E-state index >= 15 is 0 Å². The highest BCUT2D eigenvalue weighted by Crippen LogP contribution is 2.22. The van der Waals surface area contributed by atoms with Crippen LogP contribution >= 0.6 is 12.4 Å². The van der Waals surface area contributed by atoms with Crippen LogP contribution in [-0.2, 0) is 36.6 Å². The van der Waals surface area contributed by atoms with Crippen LogP contribution < -0.4 is 38.1 Å². The molecule has 0 aromatic carbocycles. The van der Waals surface area contributed by atoms with E-state index in [1.54, 1.807) is 21.8 Å². The molecule has 2 aliphatic heterocycles. The zero-order chi connectivity index (χ0) is 45.0. The fraction of sp³-hybridized carbons (Fsp3) is 0.658. The highest BCUT2D eigenvalue weighted by atomic mass is 35.5. The first-order chi connectivity index (χ1) is 30.5. The van der Waals surface area contributed by atoms with Gasteiger partial charge in [0.05, 0.1) is 44.4 Å². The molecule has 2 atom stereocenters. The highest BCUT2D eigenvalue weighted by molar-refractivity contribution is 5.85. The van der Waals surface area contributed by atoms with E-state index in [9.17, 15) is 9.59 Å². The molecule has 5 heterocycles. The second kappa shape index (κ2) is 26.5. The summed E-state index contributed by atoms with van der Waals surface area (Å²) >= 11 is 0. The van der Waals surface area contributed by atoms with Crippen LogP contribution in [0.1, 0.15) is 50.2 Å². The van der Waals surface area contributed by atoms with Gasteiger partial charge in [0.25, 0.3) is 0 Å². The zero-order valence-corrected chi connectivity index (χ0v) is 37.5. The normalized spacial score (nSPS) is 14.9. The van der Waals surface area contributed by atoms with Crippen LogP contribution in [-0.4, -0.2) is 190 Å². The van der Waals surface area contributed by atoms with Crippen LogP contribution in [0.3, 0.4) is 0 Å². The Kier molecular flexibility index (Phi) is 20.9. The summed E-state index contributed by atoms with van der Waals surface area (Å²) in [5.41, 5.74) is 23.2. The second-order valence-corrected chi connectivity index (χ2v) is 14.8. The molecule has 25 nitrogen and oxygen atoms in total. The predicted molar refractivity (Wildman–Crippen MR) is 242 cm³/mol. The number of piperazine rings is 2. The van der Waals surface area contributed by atoms with E-state index in [0.717, 1.165) is 11.4 Å². The molecule has 352 valence electrons. The smallest absolute Gasteiger partial charge is 0.247 e. The Labute approximate surface area is 379 Å². The summed E-state index contributed by atoms with van der Waals surface area (Å²) in [5.74, 6) is 3.76. The summed E-state index contributed by atoms with van der Waals surface area (Å²) in [6.07, 6.45) is 11.4. The molecule has 2 saturated heterocycles. The third-order valence-electron chi connectivity index (χ3n) is 10.2. The molecule has 2 amide bonds. The number of hydrogen-bond acceptors (Lipinski definition) is 17. The summed E-state index contributed by atoms with van der Waals surface area (Å²) < 4.78 is 19.6. The topological polar surface area (TPSA) is 316 Å². The summed E-state index contributed by atoms with van der Waals surface area (Å²) in [7, 11) is 0. The Morgan fingerprint density at radius 1 is 0.703 bits per heavy atom. The number of amides is 2. The minimum absolute atomic E-state index is 0. The number of guanidine groups is 2. The third-order valence-corrected chi connectivity index (χ3v) is 10.2. The van der Waals surface area contributed by atoms with Gasteiger partial charge in [-0.2, -0.15) is 15.0 Å². The van der Waals surface area contributed by atoms with Gasteiger partial charge in [0.15, 0.2) is 11.9 Å². The van der Waals surface area contributed by atoms with Crippen LogP contribution in [0.15, 0.2) is 22.4 Å². The summed E-state index contributed by atoms with van der Waals surface area (Å²) in [6.45, 7) is 11.2. The number of anilines is 3. The predicted octanol–water partition coefficient (Wildman–Crippen LogP) is -2.20. The minimum Gasteiger partial charge on any atom is -0.377 e. The number of nitrogens with two attached hydrogens (primary N) is 4. The number of aliphatic imine (C=N–C) groups is 2. The monoisotopic (exact) mass is 914 g/mol. The van der Waals surface area contributed by atoms with Crippen molar-refractivity contribution >= 4 is 54.0 Å². The Hall–Kier alpha value is -6.10. The van der Waals surface area contributed by atoms with Gasteiger partial charge >= 0.3 is 0 Å². The number of hydrogen-bond donors (Lipinski definition) is 5. The van der Waals surface area contributed by atoms with E-state index in [1.165, 1.54) is 0 Å². The van der Waals surface area contributed by atoms with Crippen molar-refractivity contribution in [2.24, 2.45) is 32.9 Å². The molecule has 3 aromatic heterocycles. The van der Waals surface area contributed by atoms with E-state index in [-0.39, 0.29) is 42.7 Å². The maximum atomic E-state index is 13.6. The van der Waals surface area contributed by atoms with Crippen molar-refractivity contribution < 1.29 is 23.8 Å². The van der Waals surface area contributed by atoms with Gasteiger partial charge in [-0.3, -0.25) is 19.6 Å². The lowest BCUT2D eigenvalue weighted by Crippen LogP contribution is -2.52. The van der Waals surface area contributed by atoms with Gasteiger partial charge in [0.2, 0.25) is 29.7 Å². The number of terminal acetylenes is 1. The van der Waals surface area contributed by atoms with Crippen LogP contribution in [0.25, 0.3) is 0 Å². The Bertz CT molecular complexity index is 1860. The fourth-order valence-corrected chi connectivity index (χ4v) is 6.70. The van der Waals surface area contributed by atoms with E-state index in [1.807, 2.05) is 33.4 Å². The maximum absolute atomic E-state index is 13.6. The van der Waals surface area contributed by atoms with Crippen molar-refractivity contribution in [1.82, 2.24) is 54.7 Å². The van der Waals surface area contributed by atoms with Crippen LogP contribution in [0.2, 0.25) is 0 Å². The molecule has 64 heavy (non-hydrogen) atoms. The van der Waals surface area contributed by atoms with E-state index in [2.05, 4.69) is 41.8 Å². The lowest BCUT2D eigenvalue weighted by Gasteiger charge is -2.37. The first-order valence-corrected chi connectivity index (χ1v) is 21.2. The van der Waals surface area contributed by atoms with Crippen molar-refractivity contribution in [3.63, 3.8) is 0 Å². The summed E-state index contributed by atoms with van der Waals surface area (Å²) in [6, 6.07) is -1.07. The number of halogens is 1. The quantitative estimate of drug-likeness (QED) is 0.0261. The number of ether oxygens (including phenoxy) is 3. The van der Waals surface area contributed by atoms with Crippen molar-refractivity contribution in [1.29, 1.82) is 0 Å². The lowest BCUT2D eigenvalue weighted by molar-refractivity contribution is -0.135. The fourth-order valence-electron chi connectivity index (χ4n) is 6.70. The van der Waals surface area contributed by atoms with Gasteiger partial charge in [-0.25, -0.2) is 9.36 Å². The minimum atomic E-state index is -0.535. The molecule has 0 unspecified atom stereocenters. The number of carbonyl (C=O) groups excluding carboxylic acids is 2. The summed E-state index contributed by atoms with van der Waals surface area (Å²) in [4.78, 5) is 57.4. The van der Waals surface area contributed by atoms with Crippen molar-refractivity contribution in [3.05, 3.63) is 23.8 Å². The molecular weight excluding hydrogens is 852 g/mol. The van der Waals surface area contributed by atoms with Gasteiger partial charge in [0, 0.05) is 84.4 Å². The van der Waals surface area contributed by atoms with E-state index < -0.39 is 12.1 Å². The molecule has 0 spiro atoms. The Balaban J connectivity index is 0.00000898. The van der Waals surface area contributed by atoms with Crippen molar-refractivity contribution in [2.45, 2.75) is 51.6 Å². The Morgan fingerprint density at radius 2 is 1.14 bits per heavy atom. The molecule has 26 heteroatoms. The standard InChI is InChI=1S/C38H62N20O5.ClH/c1-4-20-61-22-24-63-25-23-62-21-11-45-36-46-37(55-16-12-53(13-17-55)32(59)28(2)57-26-30(49-51-57)7-5-9-43-34(39)40)48-38(47-36)56-18-14-54(15-19-56)33(60)29(3)58-27-31(50-52-58)8-6-10-44-35(41)42;/h1,26-29H,5-25H2,2-3H3,(H4,39,40,43)(H4,41,42,44)(H,45,46,47,48);1H/t28-,29-;/m0./s1. The third kappa shape index (κ3) is 15.9. The zero-order valence-electron chi connectivity index (χ0n) is 36.7. The molecule has 0 radical (unpaired) electrons. The molecule has 2 aliphatic rings. The molecule has 0 saturated carbocycles. The highest BCUT2D eigenvalue weighted by Gasteiger charge is 2.31. The average molecular weight is 916 g/mol. The molecule has 5 rings (SSSR count). The largest absolute Gasteiger partial charge is 0.377 e. The van der Waals surface area contributed by atoms with Crippen LogP contribution in [0.4, 0.5) is 17.8 Å². The molecule has 9 N–H and O–H groups in total. The van der Waals surface area contributed by atoms with Crippen molar-refractivity contribution in [3.8, 4) is 12.3 Å². The summed E-state index contributed by atoms with van der Waals surface area (Å²) in [5, 5.41) is 20.1. The molecule has 2 fully saturated rings. The average Bonchev–Trinajstić information content (AvgIpc) is 3.98. The van der Waals surface area contributed by atoms with Crippen LogP contribution in [0, 0.1) is 12.3 Å². The first-order valence-electron chi connectivity index (χ1n) is 21.2. The molecular formula is C38H63ClN20O5. The number of aromatic nitrogens is 9. The van der Waals surface area contributed by atoms with Gasteiger partial charge < -0.3 is 62.1 Å². The molecule has 0 bridgehead atoms. The number of aryl methyl sites for hydroxylation is 2. The van der Waals surface area contributed by atoms with Gasteiger partial charge in [-0.15, -0.1) is 29.0 Å². The lowest BCUT2D eigenvalue weighted by atomic mass is 10.2. The second-order valence-electron chi connectivity index (χ2n) is 14.8. The molecule has 3 aromatic rings. The van der Waals surface area contributed by atoms with Crippen LogP contribution in [0.5, 0.6) is 0 Å². The van der Waals surface area contributed by atoms with Crippen molar-refractivity contribution in [2.75, 3.05) is 127 Å². The molecule has 0 aliphatic carbocycles. The number of rotatable bonds is 25. The number of carbonyl (C=O) groups is 2. The first kappa shape index (κ1) is 50.5. The van der Waals surface area contributed by atoms with E-state index in [4.69, 9.17) is 58.5 Å².